The van der Waals surface area contributed by atoms with Crippen molar-refractivity contribution < 1.29 is 57.9 Å². The molecule has 0 atom stereocenters. The van der Waals surface area contributed by atoms with E-state index in [1.807, 2.05) is 0 Å². The smallest absolute Gasteiger partial charge is 1.00 e. The summed E-state index contributed by atoms with van der Waals surface area (Å²) in [5.41, 5.74) is 0.673. The van der Waals surface area contributed by atoms with E-state index in [0.717, 1.165) is 0 Å². The van der Waals surface area contributed by atoms with Gasteiger partial charge in [0.05, 0.1) is 5.52 Å². The number of aromatic nitrogens is 2. The minimum absolute atomic E-state index is 0. The fourth-order valence-electron chi connectivity index (χ4n) is 1.01. The molecule has 0 aliphatic heterocycles. The van der Waals surface area contributed by atoms with Crippen LogP contribution in [-0.4, -0.2) is 15.1 Å². The number of fused-ring (bicyclic) bond motifs is 1. The normalized spacial score (nSPS) is 9.75. The standard InChI is InChI=1S/C7H5ClN2O.K.H/c8-7-6-4(1-2-9-7)5(11)3-10-6;;/h1-3,10-11H;;/q;+1;-1. The molecule has 0 saturated heterocycles. The molecule has 0 spiro atoms. The van der Waals surface area contributed by atoms with E-state index in [1.165, 1.54) is 6.20 Å². The molecule has 0 bridgehead atoms. The van der Waals surface area contributed by atoms with Gasteiger partial charge in [0, 0.05) is 17.8 Å². The van der Waals surface area contributed by atoms with E-state index in [0.29, 0.717) is 16.1 Å². The minimum atomic E-state index is 0. The molecule has 58 valence electrons. The van der Waals surface area contributed by atoms with E-state index < -0.39 is 0 Å². The summed E-state index contributed by atoms with van der Waals surface area (Å²) >= 11 is 5.72. The summed E-state index contributed by atoms with van der Waals surface area (Å²) in [5, 5.41) is 10.3. The first-order chi connectivity index (χ1) is 5.29. The maximum Gasteiger partial charge on any atom is 1.00 e. The van der Waals surface area contributed by atoms with Gasteiger partial charge in [-0.3, -0.25) is 0 Å². The van der Waals surface area contributed by atoms with Crippen molar-refractivity contribution in [2.45, 2.75) is 0 Å². The molecule has 5 heteroatoms. The van der Waals surface area contributed by atoms with Crippen LogP contribution in [0.25, 0.3) is 10.9 Å². The topological polar surface area (TPSA) is 48.9 Å². The number of nitrogens with one attached hydrogen (secondary N) is 1. The quantitative estimate of drug-likeness (QED) is 0.433. The number of hydrogen-bond acceptors (Lipinski definition) is 2. The molecule has 0 aliphatic rings. The molecule has 0 saturated carbocycles. The molecular formula is C7H6ClKN2O. The molecule has 0 aromatic carbocycles. The van der Waals surface area contributed by atoms with Gasteiger partial charge in [-0.25, -0.2) is 4.98 Å². The molecule has 0 unspecified atom stereocenters. The number of H-pyrrole nitrogens is 1. The van der Waals surface area contributed by atoms with Crippen LogP contribution in [0.2, 0.25) is 5.15 Å². The molecular weight excluding hydrogens is 203 g/mol. The van der Waals surface area contributed by atoms with Crippen molar-refractivity contribution in [2.24, 2.45) is 0 Å². The summed E-state index contributed by atoms with van der Waals surface area (Å²) < 4.78 is 0. The molecule has 2 N–H and O–H groups in total. The van der Waals surface area contributed by atoms with E-state index in [4.69, 9.17) is 11.6 Å². The Hall–Kier alpha value is 0.416. The number of rotatable bonds is 0. The number of pyridine rings is 1. The van der Waals surface area contributed by atoms with E-state index in [9.17, 15) is 5.11 Å². The van der Waals surface area contributed by atoms with Gasteiger partial charge in [-0.1, -0.05) is 11.6 Å². The average molecular weight is 209 g/mol. The molecule has 2 aromatic rings. The fraction of sp³-hybridized carbons (Fsp3) is 0. The van der Waals surface area contributed by atoms with Crippen LogP contribution in [-0.2, 0) is 0 Å². The van der Waals surface area contributed by atoms with Crippen LogP contribution < -0.4 is 51.4 Å². The third-order valence-corrected chi connectivity index (χ3v) is 1.82. The third kappa shape index (κ3) is 1.68. The largest absolute Gasteiger partial charge is 1.00 e. The van der Waals surface area contributed by atoms with Gasteiger partial charge < -0.3 is 11.5 Å². The maximum atomic E-state index is 9.22. The van der Waals surface area contributed by atoms with E-state index in [1.54, 1.807) is 12.3 Å². The van der Waals surface area contributed by atoms with Gasteiger partial charge in [0.2, 0.25) is 0 Å². The molecule has 2 heterocycles. The van der Waals surface area contributed by atoms with Crippen LogP contribution in [0.5, 0.6) is 5.75 Å². The van der Waals surface area contributed by atoms with Crippen molar-refractivity contribution in [3.63, 3.8) is 0 Å². The van der Waals surface area contributed by atoms with Crippen LogP contribution >= 0.6 is 11.6 Å². The van der Waals surface area contributed by atoms with Crippen molar-refractivity contribution >= 4 is 22.5 Å². The zero-order valence-corrected chi connectivity index (χ0v) is 10.4. The molecule has 2 rings (SSSR count). The zero-order valence-electron chi connectivity index (χ0n) is 7.50. The van der Waals surface area contributed by atoms with Gasteiger partial charge in [0.1, 0.15) is 5.75 Å². The van der Waals surface area contributed by atoms with Crippen LogP contribution in [0.15, 0.2) is 18.5 Å². The van der Waals surface area contributed by atoms with Gasteiger partial charge >= 0.3 is 51.4 Å². The van der Waals surface area contributed by atoms with Crippen LogP contribution in [0.3, 0.4) is 0 Å². The first kappa shape index (κ1) is 10.5. The first-order valence-corrected chi connectivity index (χ1v) is 3.47. The predicted octanol–water partition coefficient (Wildman–Crippen LogP) is -0.962. The monoisotopic (exact) mass is 208 g/mol. The molecule has 0 radical (unpaired) electrons. The Bertz CT molecular complexity index is 406. The van der Waals surface area contributed by atoms with E-state index >= 15 is 0 Å². The Morgan fingerprint density at radius 3 is 3.00 bits per heavy atom. The Labute approximate surface area is 118 Å². The van der Waals surface area contributed by atoms with Crippen molar-refractivity contribution in [3.8, 4) is 5.75 Å². The second kappa shape index (κ2) is 4.08. The number of nitrogens with zero attached hydrogens (tertiary/aromatic N) is 1. The molecule has 12 heavy (non-hydrogen) atoms. The van der Waals surface area contributed by atoms with Gasteiger partial charge in [-0.2, -0.15) is 0 Å². The predicted molar refractivity (Wildman–Crippen MR) is 43.9 cm³/mol. The number of hydrogen-bond donors (Lipinski definition) is 2. The van der Waals surface area contributed by atoms with Crippen LogP contribution in [0.4, 0.5) is 0 Å². The summed E-state index contributed by atoms with van der Waals surface area (Å²) in [6.45, 7) is 0. The molecule has 0 amide bonds. The average Bonchev–Trinajstić information content (AvgIpc) is 2.35. The van der Waals surface area contributed by atoms with Gasteiger partial charge in [-0.05, 0) is 6.07 Å². The number of halogens is 1. The Balaban J connectivity index is 0.000000720. The van der Waals surface area contributed by atoms with Crippen molar-refractivity contribution in [3.05, 3.63) is 23.6 Å². The van der Waals surface area contributed by atoms with Crippen LogP contribution in [0, 0.1) is 0 Å². The van der Waals surface area contributed by atoms with Gasteiger partial charge in [-0.15, -0.1) is 0 Å². The SMILES string of the molecule is Oc1c[nH]c2c(Cl)nccc12.[H-].[K+]. The Morgan fingerprint density at radius 1 is 1.58 bits per heavy atom. The summed E-state index contributed by atoms with van der Waals surface area (Å²) in [6, 6.07) is 1.70. The third-order valence-electron chi connectivity index (χ3n) is 1.53. The zero-order chi connectivity index (χ0) is 7.84. The molecule has 0 aliphatic carbocycles. The van der Waals surface area contributed by atoms with E-state index in [2.05, 4.69) is 9.97 Å². The van der Waals surface area contributed by atoms with Crippen molar-refractivity contribution in [2.75, 3.05) is 0 Å². The van der Waals surface area contributed by atoms with Gasteiger partial charge in [0.15, 0.2) is 5.15 Å². The van der Waals surface area contributed by atoms with Crippen LogP contribution in [0.1, 0.15) is 1.43 Å². The maximum absolute atomic E-state index is 9.22. The summed E-state index contributed by atoms with van der Waals surface area (Å²) in [7, 11) is 0. The summed E-state index contributed by atoms with van der Waals surface area (Å²) in [5.74, 6) is 0.198. The number of aromatic hydroxyl groups is 1. The minimum Gasteiger partial charge on any atom is -1.00 e. The Morgan fingerprint density at radius 2 is 2.33 bits per heavy atom. The first-order valence-electron chi connectivity index (χ1n) is 3.09. The summed E-state index contributed by atoms with van der Waals surface area (Å²) in [6.07, 6.45) is 3.04. The van der Waals surface area contributed by atoms with Crippen molar-refractivity contribution in [1.82, 2.24) is 9.97 Å². The number of aromatic amines is 1. The molecule has 2 aromatic heterocycles. The molecule has 3 nitrogen and oxygen atoms in total. The second-order valence-corrected chi connectivity index (χ2v) is 2.56. The van der Waals surface area contributed by atoms with Crippen molar-refractivity contribution in [1.29, 1.82) is 0 Å². The van der Waals surface area contributed by atoms with Gasteiger partial charge in [0.25, 0.3) is 0 Å². The summed E-state index contributed by atoms with van der Waals surface area (Å²) in [4.78, 5) is 6.66. The second-order valence-electron chi connectivity index (χ2n) is 2.20. The Kier molecular flexibility index (Phi) is 3.57. The van der Waals surface area contributed by atoms with E-state index in [-0.39, 0.29) is 58.6 Å². The molecule has 0 fully saturated rings. The fourth-order valence-corrected chi connectivity index (χ4v) is 1.22.